The Bertz CT molecular complexity index is 555. The van der Waals surface area contributed by atoms with Crippen LogP contribution in [0, 0.1) is 22.2 Å². The lowest BCUT2D eigenvalue weighted by atomic mass is 9.64. The summed E-state index contributed by atoms with van der Waals surface area (Å²) < 4.78 is 0. The Morgan fingerprint density at radius 2 is 1.91 bits per heavy atom. The van der Waals surface area contributed by atoms with E-state index < -0.39 is 22.7 Å². The number of carbonyl (C=O) groups excluding carboxylic acids is 2. The quantitative estimate of drug-likeness (QED) is 0.847. The van der Waals surface area contributed by atoms with Crippen molar-refractivity contribution in [3.05, 3.63) is 0 Å². The average Bonchev–Trinajstić information content (AvgIpc) is 2.77. The highest BCUT2D eigenvalue weighted by molar-refractivity contribution is 5.99. The van der Waals surface area contributed by atoms with Crippen LogP contribution in [-0.4, -0.2) is 40.8 Å². The molecular formula is C17H25NO4. The van der Waals surface area contributed by atoms with Crippen molar-refractivity contribution in [2.75, 3.05) is 13.1 Å². The van der Waals surface area contributed by atoms with Gasteiger partial charge in [0.25, 0.3) is 0 Å². The van der Waals surface area contributed by atoms with Crippen LogP contribution in [0.5, 0.6) is 0 Å². The molecule has 2 saturated carbocycles. The second kappa shape index (κ2) is 4.56. The molecule has 3 fully saturated rings. The maximum Gasteiger partial charge on any atom is 0.308 e. The Morgan fingerprint density at radius 3 is 2.41 bits per heavy atom. The third-order valence-electron chi connectivity index (χ3n) is 7.17. The fraction of sp³-hybridized carbons (Fsp3) is 0.824. The number of carboxylic acids is 1. The molecule has 0 aromatic carbocycles. The zero-order valence-corrected chi connectivity index (χ0v) is 13.6. The minimum absolute atomic E-state index is 0.0121. The van der Waals surface area contributed by atoms with Crippen molar-refractivity contribution >= 4 is 17.7 Å². The lowest BCUT2D eigenvalue weighted by Gasteiger charge is -2.43. The highest BCUT2D eigenvalue weighted by Gasteiger charge is 2.73. The number of hydrogen-bond donors (Lipinski definition) is 1. The smallest absolute Gasteiger partial charge is 0.308 e. The van der Waals surface area contributed by atoms with Crippen LogP contribution in [0.15, 0.2) is 0 Å². The second-order valence-electron chi connectivity index (χ2n) is 8.07. The molecule has 1 saturated heterocycles. The van der Waals surface area contributed by atoms with Crippen molar-refractivity contribution < 1.29 is 19.5 Å². The lowest BCUT2D eigenvalue weighted by molar-refractivity contribution is -0.153. The molecule has 122 valence electrons. The Morgan fingerprint density at radius 1 is 1.23 bits per heavy atom. The van der Waals surface area contributed by atoms with Gasteiger partial charge in [0.1, 0.15) is 5.78 Å². The molecule has 0 spiro atoms. The number of amides is 1. The maximum absolute atomic E-state index is 13.2. The molecule has 1 N–H and O–H groups in total. The summed E-state index contributed by atoms with van der Waals surface area (Å²) in [6.07, 6.45) is 3.19. The van der Waals surface area contributed by atoms with Gasteiger partial charge in [-0.25, -0.2) is 0 Å². The van der Waals surface area contributed by atoms with Gasteiger partial charge in [-0.05, 0) is 31.1 Å². The van der Waals surface area contributed by atoms with E-state index in [2.05, 4.69) is 0 Å². The first-order valence-corrected chi connectivity index (χ1v) is 8.21. The van der Waals surface area contributed by atoms with E-state index in [4.69, 9.17) is 0 Å². The molecule has 5 heteroatoms. The Kier molecular flexibility index (Phi) is 3.21. The van der Waals surface area contributed by atoms with Gasteiger partial charge in [0.15, 0.2) is 0 Å². The molecular weight excluding hydrogens is 282 g/mol. The normalized spacial score (nSPS) is 40.0. The molecule has 0 aromatic rings. The van der Waals surface area contributed by atoms with Gasteiger partial charge in [0.2, 0.25) is 5.91 Å². The minimum atomic E-state index is -0.826. The van der Waals surface area contributed by atoms with E-state index in [1.807, 2.05) is 20.8 Å². The fourth-order valence-electron chi connectivity index (χ4n) is 5.00. The first-order chi connectivity index (χ1) is 10.2. The van der Waals surface area contributed by atoms with Crippen molar-refractivity contribution in [2.24, 2.45) is 22.2 Å². The highest BCUT2D eigenvalue weighted by Crippen LogP contribution is 2.71. The molecule has 3 atom stereocenters. The van der Waals surface area contributed by atoms with E-state index in [0.717, 1.165) is 19.3 Å². The zero-order valence-electron chi connectivity index (χ0n) is 13.6. The lowest BCUT2D eigenvalue weighted by Crippen LogP contribution is -2.52. The number of carbonyl (C=O) groups is 3. The Balaban J connectivity index is 1.89. The van der Waals surface area contributed by atoms with Crippen LogP contribution in [0.2, 0.25) is 0 Å². The topological polar surface area (TPSA) is 74.7 Å². The molecule has 2 bridgehead atoms. The third-order valence-corrected chi connectivity index (χ3v) is 7.17. The predicted molar refractivity (Wildman–Crippen MR) is 80.1 cm³/mol. The van der Waals surface area contributed by atoms with Gasteiger partial charge in [-0.1, -0.05) is 20.8 Å². The molecule has 5 nitrogen and oxygen atoms in total. The van der Waals surface area contributed by atoms with Crippen molar-refractivity contribution in [3.8, 4) is 0 Å². The number of Topliss-reactive ketones (excluding diaryl/α,β-unsaturated/α-hetero) is 1. The second-order valence-corrected chi connectivity index (χ2v) is 8.07. The number of nitrogens with zero attached hydrogens (tertiary/aromatic N) is 1. The number of hydrogen-bond acceptors (Lipinski definition) is 3. The Hall–Kier alpha value is -1.39. The SMILES string of the molecule is CC1(C)[C@@]2(C(=O)N3CCC[C@H](C(=O)O)C3)CC[C@]1(C)C(=O)C2. The summed E-state index contributed by atoms with van der Waals surface area (Å²) in [5, 5.41) is 9.23. The fourth-order valence-corrected chi connectivity index (χ4v) is 5.00. The largest absolute Gasteiger partial charge is 0.481 e. The summed E-state index contributed by atoms with van der Waals surface area (Å²) in [6, 6.07) is 0. The molecule has 0 unspecified atom stereocenters. The monoisotopic (exact) mass is 307 g/mol. The molecule has 2 aliphatic carbocycles. The minimum Gasteiger partial charge on any atom is -0.481 e. The number of carboxylic acid groups (broad SMARTS) is 1. The van der Waals surface area contributed by atoms with Gasteiger partial charge in [-0.15, -0.1) is 0 Å². The molecule has 0 aromatic heterocycles. The van der Waals surface area contributed by atoms with E-state index in [0.29, 0.717) is 19.4 Å². The first kappa shape index (κ1) is 15.5. The molecule has 1 amide bonds. The van der Waals surface area contributed by atoms with Crippen LogP contribution in [0.1, 0.15) is 52.9 Å². The molecule has 3 rings (SSSR count). The van der Waals surface area contributed by atoms with Gasteiger partial charge in [0.05, 0.1) is 11.3 Å². The van der Waals surface area contributed by atoms with E-state index in [9.17, 15) is 19.5 Å². The standard InChI is InChI=1S/C17H25NO4/c1-15(2)16(3)6-7-17(15,9-12(16)19)14(22)18-8-4-5-11(10-18)13(20)21/h11H,4-10H2,1-3H3,(H,20,21)/t11-,16+,17-/m0/s1. The maximum atomic E-state index is 13.2. The number of rotatable bonds is 2. The van der Waals surface area contributed by atoms with Gasteiger partial charge in [0, 0.05) is 24.9 Å². The van der Waals surface area contributed by atoms with Crippen molar-refractivity contribution in [2.45, 2.75) is 52.9 Å². The van der Waals surface area contributed by atoms with Gasteiger partial charge in [-0.2, -0.15) is 0 Å². The summed E-state index contributed by atoms with van der Waals surface area (Å²) in [5.41, 5.74) is -1.39. The summed E-state index contributed by atoms with van der Waals surface area (Å²) in [7, 11) is 0. The summed E-state index contributed by atoms with van der Waals surface area (Å²) in [5.74, 6) is -1.09. The predicted octanol–water partition coefficient (Wildman–Crippen LogP) is 2.10. The molecule has 22 heavy (non-hydrogen) atoms. The number of fused-ring (bicyclic) bond motifs is 2. The van der Waals surface area contributed by atoms with E-state index in [-0.39, 0.29) is 23.7 Å². The van der Waals surface area contributed by atoms with Crippen LogP contribution in [0.25, 0.3) is 0 Å². The molecule has 1 heterocycles. The third kappa shape index (κ3) is 1.68. The van der Waals surface area contributed by atoms with Crippen LogP contribution < -0.4 is 0 Å². The molecule has 0 radical (unpaired) electrons. The van der Waals surface area contributed by atoms with Crippen molar-refractivity contribution in [3.63, 3.8) is 0 Å². The van der Waals surface area contributed by atoms with Crippen LogP contribution in [0.3, 0.4) is 0 Å². The molecule has 3 aliphatic rings. The number of piperidine rings is 1. The van der Waals surface area contributed by atoms with Gasteiger partial charge >= 0.3 is 5.97 Å². The first-order valence-electron chi connectivity index (χ1n) is 8.21. The van der Waals surface area contributed by atoms with Crippen LogP contribution in [-0.2, 0) is 14.4 Å². The number of likely N-dealkylation sites (tertiary alicyclic amines) is 1. The summed E-state index contributed by atoms with van der Waals surface area (Å²) in [6.45, 7) is 6.98. The number of ketones is 1. The average molecular weight is 307 g/mol. The van der Waals surface area contributed by atoms with E-state index >= 15 is 0 Å². The molecule has 1 aliphatic heterocycles. The highest BCUT2D eigenvalue weighted by atomic mass is 16.4. The van der Waals surface area contributed by atoms with Gasteiger partial charge < -0.3 is 10.0 Å². The summed E-state index contributed by atoms with van der Waals surface area (Å²) >= 11 is 0. The van der Waals surface area contributed by atoms with E-state index in [1.165, 1.54) is 0 Å². The summed E-state index contributed by atoms with van der Waals surface area (Å²) in [4.78, 5) is 38.7. The van der Waals surface area contributed by atoms with Crippen LogP contribution >= 0.6 is 0 Å². The van der Waals surface area contributed by atoms with Crippen molar-refractivity contribution in [1.29, 1.82) is 0 Å². The van der Waals surface area contributed by atoms with Crippen LogP contribution in [0.4, 0.5) is 0 Å². The zero-order chi connectivity index (χ0) is 16.3. The van der Waals surface area contributed by atoms with E-state index in [1.54, 1.807) is 4.90 Å². The van der Waals surface area contributed by atoms with Crippen molar-refractivity contribution in [1.82, 2.24) is 4.90 Å². The number of aliphatic carboxylic acids is 1. The Labute approximate surface area is 131 Å². The van der Waals surface area contributed by atoms with Gasteiger partial charge in [-0.3, -0.25) is 14.4 Å².